The molecule has 3 rings (SSSR count). The third kappa shape index (κ3) is 5.21. The van der Waals surface area contributed by atoms with Crippen LogP contribution in [0.25, 0.3) is 5.57 Å². The maximum Gasteiger partial charge on any atom is 0.251 e. The second-order valence-electron chi connectivity index (χ2n) is 6.05. The van der Waals surface area contributed by atoms with Crippen LogP contribution in [0.2, 0.25) is 0 Å². The summed E-state index contributed by atoms with van der Waals surface area (Å²) in [6, 6.07) is 4.84. The van der Waals surface area contributed by atoms with Gasteiger partial charge < -0.3 is 9.64 Å². The van der Waals surface area contributed by atoms with Crippen molar-refractivity contribution in [1.82, 2.24) is 4.90 Å². The van der Waals surface area contributed by atoms with Crippen LogP contribution in [0, 0.1) is 11.7 Å². The Hall–Kier alpha value is -2.57. The summed E-state index contributed by atoms with van der Waals surface area (Å²) in [5.41, 5.74) is 1.71. The van der Waals surface area contributed by atoms with Crippen molar-refractivity contribution in [3.8, 4) is 5.75 Å². The number of benzene rings is 1. The van der Waals surface area contributed by atoms with E-state index in [1.54, 1.807) is 12.1 Å². The van der Waals surface area contributed by atoms with Crippen LogP contribution in [0.5, 0.6) is 5.75 Å². The maximum absolute atomic E-state index is 13.7. The zero-order chi connectivity index (χ0) is 19.2. The van der Waals surface area contributed by atoms with E-state index < -0.39 is 17.7 Å². The average Bonchev–Trinajstić information content (AvgIpc) is 3.27. The van der Waals surface area contributed by atoms with Gasteiger partial charge in [-0.2, -0.15) is 10.2 Å². The number of allylic oxidation sites excluding steroid dienone is 2. The van der Waals surface area contributed by atoms with Crippen molar-refractivity contribution in [2.75, 3.05) is 20.2 Å². The minimum atomic E-state index is -2.44. The highest BCUT2D eigenvalue weighted by atomic mass is 19.3. The molecule has 0 saturated heterocycles. The van der Waals surface area contributed by atoms with E-state index in [-0.39, 0.29) is 12.2 Å². The molecule has 1 aliphatic heterocycles. The van der Waals surface area contributed by atoms with Crippen LogP contribution < -0.4 is 4.74 Å². The van der Waals surface area contributed by atoms with E-state index >= 15 is 0 Å². The molecular formula is C19H22F3N3O. The van der Waals surface area contributed by atoms with Gasteiger partial charge in [-0.05, 0) is 42.0 Å². The van der Waals surface area contributed by atoms with E-state index in [1.807, 2.05) is 23.3 Å². The van der Waals surface area contributed by atoms with Crippen LogP contribution in [-0.2, 0) is 0 Å². The van der Waals surface area contributed by atoms with Gasteiger partial charge in [0.15, 0.2) is 11.6 Å². The lowest BCUT2D eigenvalue weighted by molar-refractivity contribution is 0.0953. The largest absolute Gasteiger partial charge is 0.494 e. The van der Waals surface area contributed by atoms with Crippen LogP contribution in [0.15, 0.2) is 46.8 Å². The Morgan fingerprint density at radius 3 is 2.46 bits per heavy atom. The Morgan fingerprint density at radius 1 is 1.31 bits per heavy atom. The molecule has 1 saturated carbocycles. The van der Waals surface area contributed by atoms with Gasteiger partial charge in [0, 0.05) is 38.9 Å². The van der Waals surface area contributed by atoms with Gasteiger partial charge in [0.05, 0.1) is 7.11 Å². The lowest BCUT2D eigenvalue weighted by Crippen LogP contribution is -2.21. The van der Waals surface area contributed by atoms with Gasteiger partial charge in [0.2, 0.25) is 0 Å². The highest BCUT2D eigenvalue weighted by Crippen LogP contribution is 2.50. The molecule has 1 fully saturated rings. The van der Waals surface area contributed by atoms with E-state index in [0.29, 0.717) is 19.5 Å². The van der Waals surface area contributed by atoms with Crippen molar-refractivity contribution in [3.05, 3.63) is 47.9 Å². The van der Waals surface area contributed by atoms with Gasteiger partial charge in [-0.15, -0.1) is 0 Å². The molecule has 0 aromatic heterocycles. The molecule has 1 unspecified atom stereocenters. The number of hydrogen-bond acceptors (Lipinski definition) is 4. The molecule has 7 heteroatoms. The minimum absolute atomic E-state index is 0.0246. The Balaban J connectivity index is 0.000000552. The minimum Gasteiger partial charge on any atom is -0.494 e. The van der Waals surface area contributed by atoms with Gasteiger partial charge in [0.1, 0.15) is 0 Å². The van der Waals surface area contributed by atoms with E-state index in [0.717, 1.165) is 11.1 Å². The van der Waals surface area contributed by atoms with Crippen LogP contribution in [-0.4, -0.2) is 44.5 Å². The first-order chi connectivity index (χ1) is 12.4. The molecule has 0 bridgehead atoms. The van der Waals surface area contributed by atoms with Gasteiger partial charge in [-0.3, -0.25) is 0 Å². The molecule has 0 N–H and O–H groups in total. The second kappa shape index (κ2) is 8.69. The lowest BCUT2D eigenvalue weighted by Gasteiger charge is -2.22. The van der Waals surface area contributed by atoms with Crippen molar-refractivity contribution < 1.29 is 17.9 Å². The Labute approximate surface area is 151 Å². The number of ether oxygens (including phenoxy) is 1. The number of methoxy groups -OCH3 is 1. The van der Waals surface area contributed by atoms with E-state index in [9.17, 15) is 13.2 Å². The number of hydrogen-bond donors (Lipinski definition) is 0. The fraction of sp³-hybridized carbons (Fsp3) is 0.368. The fourth-order valence-corrected chi connectivity index (χ4v) is 2.66. The Bertz CT molecular complexity index is 710. The molecule has 0 spiro atoms. The fourth-order valence-electron chi connectivity index (χ4n) is 2.66. The first-order valence-electron chi connectivity index (χ1n) is 8.17. The summed E-state index contributed by atoms with van der Waals surface area (Å²) in [5.74, 6) is -3.08. The molecule has 1 atom stereocenters. The molecule has 1 aromatic rings. The molecule has 4 nitrogen and oxygen atoms in total. The molecule has 140 valence electrons. The molecule has 2 aliphatic rings. The zero-order valence-corrected chi connectivity index (χ0v) is 14.7. The maximum atomic E-state index is 13.7. The molecule has 0 amide bonds. The predicted molar refractivity (Wildman–Crippen MR) is 98.4 cm³/mol. The summed E-state index contributed by atoms with van der Waals surface area (Å²) in [6.07, 6.45) is 6.29. The topological polar surface area (TPSA) is 37.2 Å². The van der Waals surface area contributed by atoms with Gasteiger partial charge in [-0.25, -0.2) is 13.2 Å². The van der Waals surface area contributed by atoms with Gasteiger partial charge in [0.25, 0.3) is 5.92 Å². The quantitative estimate of drug-likeness (QED) is 0.554. The van der Waals surface area contributed by atoms with Crippen LogP contribution in [0.1, 0.15) is 18.4 Å². The van der Waals surface area contributed by atoms with Crippen LogP contribution in [0.4, 0.5) is 13.2 Å². The van der Waals surface area contributed by atoms with Crippen molar-refractivity contribution in [3.63, 3.8) is 0 Å². The number of halogens is 3. The monoisotopic (exact) mass is 365 g/mol. The van der Waals surface area contributed by atoms with Crippen LogP contribution in [0.3, 0.4) is 0 Å². The number of rotatable bonds is 6. The van der Waals surface area contributed by atoms with Crippen molar-refractivity contribution in [2.45, 2.75) is 18.8 Å². The normalized spacial score (nSPS) is 19.8. The highest BCUT2D eigenvalue weighted by Gasteiger charge is 2.56. The van der Waals surface area contributed by atoms with E-state index in [1.165, 1.54) is 13.2 Å². The first kappa shape index (κ1) is 19.8. The van der Waals surface area contributed by atoms with Crippen molar-refractivity contribution in [2.24, 2.45) is 16.1 Å². The smallest absolute Gasteiger partial charge is 0.251 e. The third-order valence-electron chi connectivity index (χ3n) is 4.32. The molecule has 0 radical (unpaired) electrons. The summed E-state index contributed by atoms with van der Waals surface area (Å²) in [7, 11) is 1.43. The Kier molecular flexibility index (Phi) is 6.60. The summed E-state index contributed by atoms with van der Waals surface area (Å²) in [5, 5.41) is 6.00. The lowest BCUT2D eigenvalue weighted by atomic mass is 10.0. The molecular weight excluding hydrogens is 343 g/mol. The number of nitrogens with zero attached hydrogens (tertiary/aromatic N) is 3. The number of alkyl halides is 2. The zero-order valence-electron chi connectivity index (χ0n) is 14.7. The summed E-state index contributed by atoms with van der Waals surface area (Å²) >= 11 is 0. The van der Waals surface area contributed by atoms with Gasteiger partial charge >= 0.3 is 0 Å². The summed E-state index contributed by atoms with van der Waals surface area (Å²) in [4.78, 5) is 2.00. The predicted octanol–water partition coefficient (Wildman–Crippen LogP) is 4.39. The summed E-state index contributed by atoms with van der Waals surface area (Å²) < 4.78 is 44.3. The second-order valence-corrected chi connectivity index (χ2v) is 6.05. The van der Waals surface area contributed by atoms with Crippen LogP contribution >= 0.6 is 0 Å². The first-order valence-corrected chi connectivity index (χ1v) is 8.17. The third-order valence-corrected chi connectivity index (χ3v) is 4.32. The van der Waals surface area contributed by atoms with Crippen molar-refractivity contribution in [1.29, 1.82) is 0 Å². The summed E-state index contributed by atoms with van der Waals surface area (Å²) in [6.45, 7) is 7.27. The van der Waals surface area contributed by atoms with E-state index in [4.69, 9.17) is 4.74 Å². The SMILES string of the molecule is C=NN=C.COc1ccc(C2=CCN(CCC3CC3(F)F)C=C2)cc1F. The van der Waals surface area contributed by atoms with Gasteiger partial charge in [-0.1, -0.05) is 12.1 Å². The standard InChI is InChI=1S/C17H18F3NO.C2H4N2/c1-22-16-3-2-13(10-15(16)18)12-4-7-21(8-5-12)9-6-14-11-17(14,19)20;1-3-4-2/h2-5,7,10,14H,6,8-9,11H2,1H3;1-2H2. The molecule has 1 aliphatic carbocycles. The molecule has 26 heavy (non-hydrogen) atoms. The molecule has 1 aromatic carbocycles. The van der Waals surface area contributed by atoms with E-state index in [2.05, 4.69) is 23.6 Å². The average molecular weight is 365 g/mol. The molecule has 1 heterocycles. The highest BCUT2D eigenvalue weighted by molar-refractivity contribution is 5.75. The van der Waals surface area contributed by atoms with Crippen molar-refractivity contribution >= 4 is 19.0 Å². The Morgan fingerprint density at radius 2 is 2.00 bits per heavy atom.